The molecule has 110 valence electrons. The molecule has 7 heteroatoms. The van der Waals surface area contributed by atoms with Crippen LogP contribution < -0.4 is 0 Å². The summed E-state index contributed by atoms with van der Waals surface area (Å²) in [5.41, 5.74) is 2.06. The normalized spacial score (nSPS) is 15.8. The van der Waals surface area contributed by atoms with Crippen LogP contribution in [0.5, 0.6) is 0 Å². The van der Waals surface area contributed by atoms with Gasteiger partial charge in [0.05, 0.1) is 5.69 Å². The van der Waals surface area contributed by atoms with Crippen molar-refractivity contribution in [3.05, 3.63) is 59.0 Å². The molecule has 0 fully saturated rings. The van der Waals surface area contributed by atoms with Crippen LogP contribution in [0, 0.1) is 6.92 Å². The van der Waals surface area contributed by atoms with Gasteiger partial charge in [0.15, 0.2) is 0 Å². The zero-order valence-electron chi connectivity index (χ0n) is 11.2. The lowest BCUT2D eigenvalue weighted by Gasteiger charge is -2.10. The van der Waals surface area contributed by atoms with Crippen molar-refractivity contribution >= 4 is 21.2 Å². The van der Waals surface area contributed by atoms with Crippen LogP contribution in [-0.2, 0) is 10.3 Å². The summed E-state index contributed by atoms with van der Waals surface area (Å²) in [7, 11) is -5.20. The predicted octanol–water partition coefficient (Wildman–Crippen LogP) is 2.91. The summed E-state index contributed by atoms with van der Waals surface area (Å²) in [5, 5.41) is 8.82. The van der Waals surface area contributed by atoms with Crippen molar-refractivity contribution in [3.63, 3.8) is 0 Å². The number of benzene rings is 1. The molecule has 1 aromatic carbocycles. The summed E-state index contributed by atoms with van der Waals surface area (Å²) in [6.07, 6.45) is 3.84. The Hall–Kier alpha value is -1.83. The lowest BCUT2D eigenvalue weighted by atomic mass is 10.1. The van der Waals surface area contributed by atoms with Gasteiger partial charge in [-0.05, 0) is 23.3 Å². The van der Waals surface area contributed by atoms with Gasteiger partial charge in [-0.2, -0.15) is 19.3 Å². The molecule has 21 heavy (non-hydrogen) atoms. The number of nitrogens with zero attached hydrogens (tertiary/aromatic N) is 2. The maximum absolute atomic E-state index is 11.5. The lowest BCUT2D eigenvalue weighted by Crippen LogP contribution is -2.14. The minimum atomic E-state index is -4.40. The highest BCUT2D eigenvalue weighted by Crippen LogP contribution is 2.47. The first-order valence-corrected chi connectivity index (χ1v) is 9.12. The zero-order valence-corrected chi connectivity index (χ0v) is 12.9. The van der Waals surface area contributed by atoms with Crippen LogP contribution in [-0.4, -0.2) is 22.2 Å². The summed E-state index contributed by atoms with van der Waals surface area (Å²) in [6.45, 7) is 1.64. The average Bonchev–Trinajstić information content (AvgIpc) is 3.06. The van der Waals surface area contributed by atoms with E-state index in [2.05, 4.69) is 5.10 Å². The smallest absolute Gasteiger partial charge is 0.268 e. The molecule has 0 spiro atoms. The van der Waals surface area contributed by atoms with Gasteiger partial charge >= 0.3 is 10.3 Å². The van der Waals surface area contributed by atoms with E-state index in [0.29, 0.717) is 14.8 Å². The summed E-state index contributed by atoms with van der Waals surface area (Å²) in [6, 6.07) is 9.47. The maximum atomic E-state index is 11.5. The van der Waals surface area contributed by atoms with Crippen molar-refractivity contribution in [3.8, 4) is 11.1 Å². The summed E-state index contributed by atoms with van der Waals surface area (Å²) in [4.78, 5) is 0. The number of rotatable bonds is 3. The molecule has 0 saturated carbocycles. The summed E-state index contributed by atoms with van der Waals surface area (Å²) >= 11 is 0. The minimum Gasteiger partial charge on any atom is -0.268 e. The monoisotopic (exact) mass is 322 g/mol. The van der Waals surface area contributed by atoms with Crippen LogP contribution >= 0.6 is 10.9 Å². The van der Waals surface area contributed by atoms with Crippen LogP contribution in [0.2, 0.25) is 0 Å². The van der Waals surface area contributed by atoms with Gasteiger partial charge in [0.2, 0.25) is 0 Å². The van der Waals surface area contributed by atoms with Crippen molar-refractivity contribution in [1.29, 1.82) is 0 Å². The Morgan fingerprint density at radius 2 is 1.76 bits per heavy atom. The van der Waals surface area contributed by atoms with Gasteiger partial charge in [-0.3, -0.25) is 4.55 Å². The highest BCUT2D eigenvalue weighted by molar-refractivity contribution is 8.22. The molecular formula is C14H14N2O3S2. The molecule has 0 radical (unpaired) electrons. The Bertz CT molecular complexity index is 825. The average molecular weight is 322 g/mol. The molecule has 3 rings (SSSR count). The Morgan fingerprint density at radius 3 is 2.33 bits per heavy atom. The number of thiol groups is 1. The SMILES string of the molecule is Cc1c(-c2ccccc2)c([SH]2C=CC=C2)nn1S(=O)(=O)O. The molecule has 1 N–H and O–H groups in total. The van der Waals surface area contributed by atoms with Gasteiger partial charge in [-0.15, -0.1) is 9.19 Å². The van der Waals surface area contributed by atoms with Crippen LogP contribution in [0.15, 0.2) is 58.3 Å². The van der Waals surface area contributed by atoms with Crippen molar-refractivity contribution in [2.45, 2.75) is 11.9 Å². The molecule has 0 atom stereocenters. The van der Waals surface area contributed by atoms with Gasteiger partial charge < -0.3 is 0 Å². The Kier molecular flexibility index (Phi) is 3.48. The molecule has 0 amide bonds. The van der Waals surface area contributed by atoms with Crippen LogP contribution in [0.1, 0.15) is 5.69 Å². The number of allylic oxidation sites excluding steroid dienone is 2. The van der Waals surface area contributed by atoms with Crippen LogP contribution in [0.3, 0.4) is 0 Å². The molecule has 2 aromatic rings. The van der Waals surface area contributed by atoms with Crippen molar-refractivity contribution in [2.75, 3.05) is 0 Å². The third-order valence-electron chi connectivity index (χ3n) is 3.19. The lowest BCUT2D eigenvalue weighted by molar-refractivity contribution is 0.463. The third-order valence-corrected chi connectivity index (χ3v) is 5.77. The van der Waals surface area contributed by atoms with Crippen LogP contribution in [0.4, 0.5) is 0 Å². The molecular weight excluding hydrogens is 308 g/mol. The maximum Gasteiger partial charge on any atom is 0.379 e. The molecule has 2 heterocycles. The van der Waals surface area contributed by atoms with Gasteiger partial charge in [-0.25, -0.2) is 0 Å². The number of hydrogen-bond acceptors (Lipinski definition) is 3. The standard InChI is InChI=1S/C14H14N2O3S2/c1-11-13(12-7-3-2-4-8-12)14(20-9-5-6-10-20)15-16(11)21(17,18)19/h2-10,20H,1H3,(H,17,18,19). The zero-order chi connectivity index (χ0) is 15.0. The predicted molar refractivity (Wildman–Crippen MR) is 84.9 cm³/mol. The highest BCUT2D eigenvalue weighted by Gasteiger charge is 2.24. The topological polar surface area (TPSA) is 72.2 Å². The van der Waals surface area contributed by atoms with Crippen molar-refractivity contribution in [2.24, 2.45) is 0 Å². The molecule has 1 aliphatic heterocycles. The first-order valence-electron chi connectivity index (χ1n) is 6.25. The van der Waals surface area contributed by atoms with Gasteiger partial charge in [0, 0.05) is 5.56 Å². The molecule has 0 unspecified atom stereocenters. The first-order chi connectivity index (χ1) is 9.98. The second-order valence-electron chi connectivity index (χ2n) is 4.56. The summed E-state index contributed by atoms with van der Waals surface area (Å²) < 4.78 is 33.0. The fraction of sp³-hybridized carbons (Fsp3) is 0.0714. The van der Waals surface area contributed by atoms with E-state index in [-0.39, 0.29) is 0 Å². The quantitative estimate of drug-likeness (QED) is 0.673. The Labute approximate surface area is 125 Å². The fourth-order valence-electron chi connectivity index (χ4n) is 2.29. The third kappa shape index (κ3) is 2.55. The van der Waals surface area contributed by atoms with E-state index in [0.717, 1.165) is 11.1 Å². The van der Waals surface area contributed by atoms with Gasteiger partial charge in [0.1, 0.15) is 5.03 Å². The second kappa shape index (κ2) is 5.18. The highest BCUT2D eigenvalue weighted by atomic mass is 32.2. The molecule has 0 aliphatic carbocycles. The minimum absolute atomic E-state index is 0.412. The van der Waals surface area contributed by atoms with E-state index in [1.165, 1.54) is 0 Å². The molecule has 1 aromatic heterocycles. The Balaban J connectivity index is 2.28. The van der Waals surface area contributed by atoms with Gasteiger partial charge in [0.25, 0.3) is 0 Å². The van der Waals surface area contributed by atoms with E-state index in [4.69, 9.17) is 0 Å². The summed E-state index contributed by atoms with van der Waals surface area (Å²) in [5.74, 6) is 0. The van der Waals surface area contributed by atoms with E-state index in [9.17, 15) is 13.0 Å². The van der Waals surface area contributed by atoms with E-state index in [1.807, 2.05) is 53.3 Å². The van der Waals surface area contributed by atoms with Gasteiger partial charge in [-0.1, -0.05) is 42.5 Å². The molecule has 0 bridgehead atoms. The number of aromatic nitrogens is 2. The van der Waals surface area contributed by atoms with Crippen molar-refractivity contribution < 1.29 is 13.0 Å². The molecule has 1 aliphatic rings. The van der Waals surface area contributed by atoms with Crippen LogP contribution in [0.25, 0.3) is 11.1 Å². The first kappa shape index (κ1) is 14.1. The number of hydrogen-bond donors (Lipinski definition) is 2. The second-order valence-corrected chi connectivity index (χ2v) is 7.64. The van der Waals surface area contributed by atoms with E-state index >= 15 is 0 Å². The molecule has 0 saturated heterocycles. The largest absolute Gasteiger partial charge is 0.379 e. The molecule has 5 nitrogen and oxygen atoms in total. The fourth-order valence-corrected chi connectivity index (χ4v) is 4.67. The van der Waals surface area contributed by atoms with E-state index < -0.39 is 21.2 Å². The Morgan fingerprint density at radius 1 is 1.14 bits per heavy atom. The van der Waals surface area contributed by atoms with Crippen molar-refractivity contribution in [1.82, 2.24) is 9.19 Å². The van der Waals surface area contributed by atoms with E-state index in [1.54, 1.807) is 6.92 Å².